The summed E-state index contributed by atoms with van der Waals surface area (Å²) in [6.07, 6.45) is 1.48. The van der Waals surface area contributed by atoms with Gasteiger partial charge >= 0.3 is 0 Å². The number of nitrogens with zero attached hydrogens (tertiary/aromatic N) is 2. The summed E-state index contributed by atoms with van der Waals surface area (Å²) in [6.45, 7) is 1.66. The van der Waals surface area contributed by atoms with Gasteiger partial charge in [-0.25, -0.2) is 9.97 Å². The van der Waals surface area contributed by atoms with Crippen LogP contribution in [0.5, 0.6) is 5.75 Å². The minimum Gasteiger partial charge on any atom is -0.497 e. The number of aromatic nitrogens is 2. The van der Waals surface area contributed by atoms with E-state index in [1.165, 1.54) is 6.33 Å². The maximum absolute atomic E-state index is 12.1. The van der Waals surface area contributed by atoms with Crippen LogP contribution in [0.4, 0.5) is 11.5 Å². The lowest BCUT2D eigenvalue weighted by Crippen LogP contribution is -2.10. The Labute approximate surface area is 144 Å². The molecule has 1 aromatic heterocycles. The van der Waals surface area contributed by atoms with E-state index in [1.807, 2.05) is 24.3 Å². The van der Waals surface area contributed by atoms with Crippen LogP contribution in [0, 0.1) is 0 Å². The average molecular weight is 342 g/mol. The zero-order valence-corrected chi connectivity index (χ0v) is 14.0. The second kappa shape index (κ2) is 6.84. The molecule has 0 saturated carbocycles. The molecule has 0 amide bonds. The van der Waals surface area contributed by atoms with Gasteiger partial charge in [0.05, 0.1) is 18.0 Å². The quantitative estimate of drug-likeness (QED) is 0.556. The van der Waals surface area contributed by atoms with E-state index in [9.17, 15) is 4.79 Å². The molecule has 0 unspecified atom stereocenters. The van der Waals surface area contributed by atoms with E-state index in [2.05, 4.69) is 15.3 Å². The molecule has 122 valence electrons. The molecule has 24 heavy (non-hydrogen) atoms. The minimum atomic E-state index is -0.582. The summed E-state index contributed by atoms with van der Waals surface area (Å²) < 4.78 is 5.22. The number of anilines is 2. The lowest BCUT2D eigenvalue weighted by atomic mass is 10.1. The summed E-state index contributed by atoms with van der Waals surface area (Å²) in [6, 6.07) is 12.8. The van der Waals surface area contributed by atoms with Gasteiger partial charge in [-0.15, -0.1) is 11.6 Å². The topological polar surface area (TPSA) is 64.1 Å². The van der Waals surface area contributed by atoms with E-state index < -0.39 is 5.38 Å². The van der Waals surface area contributed by atoms with Gasteiger partial charge in [-0.2, -0.15) is 0 Å². The first kappa shape index (κ1) is 16.2. The van der Waals surface area contributed by atoms with Crippen molar-refractivity contribution in [3.8, 4) is 5.75 Å². The van der Waals surface area contributed by atoms with Gasteiger partial charge in [0.15, 0.2) is 5.78 Å². The molecule has 5 nitrogen and oxygen atoms in total. The van der Waals surface area contributed by atoms with E-state index in [0.717, 1.165) is 22.3 Å². The van der Waals surface area contributed by atoms with Crippen LogP contribution in [0.2, 0.25) is 0 Å². The van der Waals surface area contributed by atoms with Gasteiger partial charge in [0.2, 0.25) is 0 Å². The maximum atomic E-state index is 12.1. The Morgan fingerprint density at radius 3 is 2.79 bits per heavy atom. The molecule has 1 N–H and O–H groups in total. The zero-order valence-electron chi connectivity index (χ0n) is 13.3. The number of halogens is 1. The third kappa shape index (κ3) is 3.31. The van der Waals surface area contributed by atoms with E-state index >= 15 is 0 Å². The number of ketones is 1. The number of methoxy groups -OCH3 is 1. The zero-order chi connectivity index (χ0) is 17.1. The predicted octanol–water partition coefficient (Wildman–Crippen LogP) is 4.19. The number of benzene rings is 2. The van der Waals surface area contributed by atoms with Gasteiger partial charge in [-0.3, -0.25) is 4.79 Å². The normalized spacial score (nSPS) is 12.0. The fraction of sp³-hybridized carbons (Fsp3) is 0.167. The Bertz CT molecular complexity index is 896. The summed E-state index contributed by atoms with van der Waals surface area (Å²) in [7, 11) is 1.62. The molecule has 2 aromatic carbocycles. The van der Waals surface area contributed by atoms with Crippen molar-refractivity contribution >= 4 is 39.8 Å². The van der Waals surface area contributed by atoms with Gasteiger partial charge in [0, 0.05) is 22.7 Å². The monoisotopic (exact) mass is 341 g/mol. The van der Waals surface area contributed by atoms with Crippen molar-refractivity contribution in [1.82, 2.24) is 9.97 Å². The number of alkyl halides is 1. The number of hydrogen-bond donors (Lipinski definition) is 1. The Morgan fingerprint density at radius 1 is 1.21 bits per heavy atom. The van der Waals surface area contributed by atoms with Crippen LogP contribution >= 0.6 is 11.6 Å². The van der Waals surface area contributed by atoms with Crippen molar-refractivity contribution in [1.29, 1.82) is 0 Å². The minimum absolute atomic E-state index is 0.130. The Morgan fingerprint density at radius 2 is 2.04 bits per heavy atom. The molecule has 1 heterocycles. The number of rotatable bonds is 5. The molecule has 0 radical (unpaired) electrons. The number of fused-ring (bicyclic) bond motifs is 1. The van der Waals surface area contributed by atoms with Gasteiger partial charge < -0.3 is 10.1 Å². The van der Waals surface area contributed by atoms with Crippen molar-refractivity contribution < 1.29 is 9.53 Å². The molecule has 1 atom stereocenters. The van der Waals surface area contributed by atoms with Crippen LogP contribution in [0.3, 0.4) is 0 Å². The summed E-state index contributed by atoms with van der Waals surface area (Å²) in [5.41, 5.74) is 2.11. The van der Waals surface area contributed by atoms with Crippen LogP contribution in [-0.2, 0) is 0 Å². The highest BCUT2D eigenvalue weighted by Gasteiger charge is 2.14. The molecule has 0 aliphatic rings. The van der Waals surface area contributed by atoms with Crippen LogP contribution < -0.4 is 10.1 Å². The van der Waals surface area contributed by atoms with Gasteiger partial charge in [-0.1, -0.05) is 6.07 Å². The van der Waals surface area contributed by atoms with Crippen LogP contribution in [0.1, 0.15) is 17.3 Å². The number of hydrogen-bond acceptors (Lipinski definition) is 5. The second-order valence-electron chi connectivity index (χ2n) is 5.29. The number of carbonyl (C=O) groups excluding carboxylic acids is 1. The molecule has 0 fully saturated rings. The lowest BCUT2D eigenvalue weighted by Gasteiger charge is -2.10. The Kier molecular flexibility index (Phi) is 4.62. The molecule has 3 aromatic rings. The first-order valence-electron chi connectivity index (χ1n) is 7.42. The smallest absolute Gasteiger partial charge is 0.180 e. The summed E-state index contributed by atoms with van der Waals surface area (Å²) in [4.78, 5) is 20.7. The van der Waals surface area contributed by atoms with Crippen molar-refractivity contribution in [3.63, 3.8) is 0 Å². The fourth-order valence-corrected chi connectivity index (χ4v) is 2.50. The molecule has 3 rings (SSSR count). The first-order valence-corrected chi connectivity index (χ1v) is 7.86. The lowest BCUT2D eigenvalue weighted by molar-refractivity contribution is 0.0992. The van der Waals surface area contributed by atoms with Crippen LogP contribution in [0.25, 0.3) is 10.9 Å². The Balaban J connectivity index is 2.03. The third-order valence-corrected chi connectivity index (χ3v) is 3.81. The van der Waals surface area contributed by atoms with E-state index in [1.54, 1.807) is 32.2 Å². The van der Waals surface area contributed by atoms with Crippen molar-refractivity contribution in [3.05, 3.63) is 54.4 Å². The highest BCUT2D eigenvalue weighted by molar-refractivity contribution is 6.33. The van der Waals surface area contributed by atoms with Crippen LogP contribution in [-0.4, -0.2) is 28.2 Å². The molecule has 0 aliphatic heterocycles. The number of carbonyl (C=O) groups is 1. The second-order valence-corrected chi connectivity index (χ2v) is 5.95. The number of ether oxygens (including phenoxy) is 1. The third-order valence-electron chi connectivity index (χ3n) is 3.61. The standard InChI is InChI=1S/C18H16ClN3O2/c1-11(19)17(23)12-6-7-16-15(8-12)18(21-10-20-16)22-13-4-3-5-14(9-13)24-2/h3-11H,1-2H3,(H,20,21,22)/t11-/m0/s1. The highest BCUT2D eigenvalue weighted by atomic mass is 35.5. The number of nitrogens with one attached hydrogen (secondary N) is 1. The van der Waals surface area contributed by atoms with Gasteiger partial charge in [0.25, 0.3) is 0 Å². The largest absolute Gasteiger partial charge is 0.497 e. The van der Waals surface area contributed by atoms with Gasteiger partial charge in [0.1, 0.15) is 17.9 Å². The molecular formula is C18H16ClN3O2. The molecular weight excluding hydrogens is 326 g/mol. The number of Topliss-reactive ketones (excluding diaryl/α,β-unsaturated/α-hetero) is 1. The summed E-state index contributed by atoms with van der Waals surface area (Å²) in [5, 5.41) is 3.41. The molecule has 0 bridgehead atoms. The van der Waals surface area contributed by atoms with Crippen molar-refractivity contribution in [2.45, 2.75) is 12.3 Å². The van der Waals surface area contributed by atoms with Crippen molar-refractivity contribution in [2.24, 2.45) is 0 Å². The molecule has 0 saturated heterocycles. The SMILES string of the molecule is COc1cccc(Nc2ncnc3ccc(C(=O)[C@H](C)Cl)cc23)c1. The molecule has 6 heteroatoms. The predicted molar refractivity (Wildman–Crippen MR) is 95.5 cm³/mol. The summed E-state index contributed by atoms with van der Waals surface area (Å²) in [5.74, 6) is 1.23. The first-order chi connectivity index (χ1) is 11.6. The average Bonchev–Trinajstić information content (AvgIpc) is 2.61. The van der Waals surface area contributed by atoms with E-state index in [4.69, 9.17) is 16.3 Å². The fourth-order valence-electron chi connectivity index (χ4n) is 2.38. The highest BCUT2D eigenvalue weighted by Crippen LogP contribution is 2.26. The maximum Gasteiger partial charge on any atom is 0.180 e. The molecule has 0 aliphatic carbocycles. The van der Waals surface area contributed by atoms with E-state index in [0.29, 0.717) is 11.4 Å². The van der Waals surface area contributed by atoms with Crippen LogP contribution in [0.15, 0.2) is 48.8 Å². The van der Waals surface area contributed by atoms with Crippen molar-refractivity contribution in [2.75, 3.05) is 12.4 Å². The Hall–Kier alpha value is -2.66. The summed E-state index contributed by atoms with van der Waals surface area (Å²) >= 11 is 5.91. The van der Waals surface area contributed by atoms with E-state index in [-0.39, 0.29) is 5.78 Å². The van der Waals surface area contributed by atoms with Gasteiger partial charge in [-0.05, 0) is 37.3 Å². The molecule has 0 spiro atoms.